The van der Waals surface area contributed by atoms with Crippen LogP contribution in [0, 0.1) is 5.82 Å². The van der Waals surface area contributed by atoms with E-state index < -0.39 is 5.82 Å². The van der Waals surface area contributed by atoms with E-state index in [1.807, 2.05) is 6.07 Å². The Morgan fingerprint density at radius 1 is 1.15 bits per heavy atom. The van der Waals surface area contributed by atoms with Gasteiger partial charge in [-0.15, -0.1) is 10.2 Å². The van der Waals surface area contributed by atoms with Gasteiger partial charge in [-0.1, -0.05) is 30.0 Å². The monoisotopic (exact) mass is 387 g/mol. The Morgan fingerprint density at radius 3 is 2.92 bits per heavy atom. The second-order valence-electron chi connectivity index (χ2n) is 5.13. The van der Waals surface area contributed by atoms with Crippen LogP contribution in [0.1, 0.15) is 0 Å². The average Bonchev–Trinajstić information content (AvgIpc) is 3.30. The summed E-state index contributed by atoms with van der Waals surface area (Å²) in [5.41, 5.74) is 2.20. The third kappa shape index (κ3) is 3.41. The van der Waals surface area contributed by atoms with Crippen LogP contribution in [0.4, 0.5) is 10.1 Å². The van der Waals surface area contributed by atoms with Gasteiger partial charge < -0.3 is 9.73 Å². The van der Waals surface area contributed by atoms with E-state index in [0.29, 0.717) is 11.2 Å². The molecule has 0 spiro atoms. The SMILES string of the molecule is O=C(CSc1nnc(-c2ccccc2F)o1)Nc1cccc2nsnc12. The van der Waals surface area contributed by atoms with Gasteiger partial charge in [0.2, 0.25) is 5.91 Å². The number of carbonyl (C=O) groups is 1. The highest BCUT2D eigenvalue weighted by Crippen LogP contribution is 2.26. The molecule has 2 aromatic carbocycles. The van der Waals surface area contributed by atoms with E-state index in [1.54, 1.807) is 30.3 Å². The lowest BCUT2D eigenvalue weighted by atomic mass is 10.2. The summed E-state index contributed by atoms with van der Waals surface area (Å²) in [4.78, 5) is 12.2. The summed E-state index contributed by atoms with van der Waals surface area (Å²) >= 11 is 2.15. The third-order valence-electron chi connectivity index (χ3n) is 3.40. The molecule has 0 aliphatic rings. The van der Waals surface area contributed by atoms with Gasteiger partial charge >= 0.3 is 0 Å². The first-order chi connectivity index (χ1) is 12.7. The molecule has 0 aliphatic carbocycles. The number of anilines is 1. The van der Waals surface area contributed by atoms with Crippen LogP contribution in [0.2, 0.25) is 0 Å². The van der Waals surface area contributed by atoms with Gasteiger partial charge in [0.1, 0.15) is 16.9 Å². The number of fused-ring (bicyclic) bond motifs is 1. The first kappa shape index (κ1) is 16.6. The van der Waals surface area contributed by atoms with Gasteiger partial charge in [-0.25, -0.2) is 4.39 Å². The first-order valence-electron chi connectivity index (χ1n) is 7.43. The molecule has 0 radical (unpaired) electrons. The highest BCUT2D eigenvalue weighted by Gasteiger charge is 2.15. The van der Waals surface area contributed by atoms with E-state index in [1.165, 1.54) is 6.07 Å². The fourth-order valence-electron chi connectivity index (χ4n) is 2.23. The molecule has 1 N–H and O–H groups in total. The lowest BCUT2D eigenvalue weighted by Gasteiger charge is -2.04. The summed E-state index contributed by atoms with van der Waals surface area (Å²) in [5, 5.41) is 10.6. The van der Waals surface area contributed by atoms with Gasteiger partial charge in [0.05, 0.1) is 28.7 Å². The zero-order chi connectivity index (χ0) is 17.9. The molecule has 0 bridgehead atoms. The molecule has 7 nitrogen and oxygen atoms in total. The summed E-state index contributed by atoms with van der Waals surface area (Å²) < 4.78 is 27.4. The number of nitrogens with one attached hydrogen (secondary N) is 1. The summed E-state index contributed by atoms with van der Waals surface area (Å²) in [6.45, 7) is 0. The second kappa shape index (κ2) is 7.18. The maximum Gasteiger partial charge on any atom is 0.277 e. The van der Waals surface area contributed by atoms with Gasteiger partial charge in [0.25, 0.3) is 11.1 Å². The van der Waals surface area contributed by atoms with E-state index >= 15 is 0 Å². The van der Waals surface area contributed by atoms with Crippen LogP contribution < -0.4 is 5.32 Å². The minimum atomic E-state index is -0.449. The van der Waals surface area contributed by atoms with Crippen molar-refractivity contribution in [3.8, 4) is 11.5 Å². The molecule has 130 valence electrons. The molecule has 0 atom stereocenters. The summed E-state index contributed by atoms with van der Waals surface area (Å²) in [7, 11) is 0. The molecular formula is C16H10FN5O2S2. The largest absolute Gasteiger partial charge is 0.411 e. The molecule has 0 saturated heterocycles. The lowest BCUT2D eigenvalue weighted by molar-refractivity contribution is -0.113. The maximum absolute atomic E-state index is 13.7. The fourth-order valence-corrected chi connectivity index (χ4v) is 3.34. The van der Waals surface area contributed by atoms with Crippen molar-refractivity contribution >= 4 is 46.1 Å². The Morgan fingerprint density at radius 2 is 2.04 bits per heavy atom. The highest BCUT2D eigenvalue weighted by molar-refractivity contribution is 7.99. The summed E-state index contributed by atoms with van der Waals surface area (Å²) in [5.74, 6) is -0.562. The predicted octanol–water partition coefficient (Wildman–Crippen LogP) is 3.61. The topological polar surface area (TPSA) is 93.8 Å². The number of nitrogens with zero attached hydrogens (tertiary/aromatic N) is 4. The van der Waals surface area contributed by atoms with Crippen molar-refractivity contribution in [3.05, 3.63) is 48.3 Å². The third-order valence-corrected chi connectivity index (χ3v) is 4.76. The Kier molecular flexibility index (Phi) is 4.59. The average molecular weight is 387 g/mol. The van der Waals surface area contributed by atoms with Gasteiger partial charge in [-0.3, -0.25) is 4.79 Å². The molecule has 0 fully saturated rings. The van der Waals surface area contributed by atoms with Crippen LogP contribution in [0.25, 0.3) is 22.5 Å². The van der Waals surface area contributed by atoms with E-state index in [-0.39, 0.29) is 28.3 Å². The quantitative estimate of drug-likeness (QED) is 0.523. The van der Waals surface area contributed by atoms with Crippen molar-refractivity contribution in [2.24, 2.45) is 0 Å². The normalized spacial score (nSPS) is 11.0. The molecule has 2 heterocycles. The number of benzene rings is 2. The maximum atomic E-state index is 13.7. The number of hydrogen-bond donors (Lipinski definition) is 1. The van der Waals surface area contributed by atoms with E-state index in [0.717, 1.165) is 29.0 Å². The Hall–Kier alpha value is -2.85. The van der Waals surface area contributed by atoms with Crippen LogP contribution >= 0.6 is 23.5 Å². The molecule has 10 heteroatoms. The number of carbonyl (C=O) groups excluding carboxylic acids is 1. The van der Waals surface area contributed by atoms with Gasteiger partial charge in [-0.2, -0.15) is 8.75 Å². The van der Waals surface area contributed by atoms with Crippen molar-refractivity contribution in [2.45, 2.75) is 5.22 Å². The fraction of sp³-hybridized carbons (Fsp3) is 0.0625. The van der Waals surface area contributed by atoms with E-state index in [2.05, 4.69) is 24.3 Å². The summed E-state index contributed by atoms with van der Waals surface area (Å²) in [6.07, 6.45) is 0. The molecule has 26 heavy (non-hydrogen) atoms. The number of halogens is 1. The lowest BCUT2D eigenvalue weighted by Crippen LogP contribution is -2.14. The van der Waals surface area contributed by atoms with Crippen molar-refractivity contribution in [3.63, 3.8) is 0 Å². The van der Waals surface area contributed by atoms with Crippen LogP contribution in [0.3, 0.4) is 0 Å². The van der Waals surface area contributed by atoms with Crippen LogP contribution in [0.15, 0.2) is 52.1 Å². The standard InChI is InChI=1S/C16H10FN5O2S2/c17-10-5-2-1-4-9(10)15-19-20-16(24-15)25-8-13(23)18-11-6-3-7-12-14(11)22-26-21-12/h1-7H,8H2,(H,18,23). The minimum absolute atomic E-state index is 0.0624. The molecule has 1 amide bonds. The van der Waals surface area contributed by atoms with Crippen molar-refractivity contribution in [2.75, 3.05) is 11.1 Å². The van der Waals surface area contributed by atoms with Crippen molar-refractivity contribution < 1.29 is 13.6 Å². The Bertz CT molecular complexity index is 1080. The van der Waals surface area contributed by atoms with Crippen LogP contribution in [-0.4, -0.2) is 30.6 Å². The van der Waals surface area contributed by atoms with Crippen molar-refractivity contribution in [1.82, 2.24) is 18.9 Å². The zero-order valence-corrected chi connectivity index (χ0v) is 14.7. The molecular weight excluding hydrogens is 377 g/mol. The molecule has 4 aromatic rings. The Balaban J connectivity index is 1.41. The molecule has 0 unspecified atom stereocenters. The highest BCUT2D eigenvalue weighted by atomic mass is 32.2. The minimum Gasteiger partial charge on any atom is -0.411 e. The van der Waals surface area contributed by atoms with Gasteiger partial charge in [0, 0.05) is 0 Å². The number of aromatic nitrogens is 4. The molecule has 2 aromatic heterocycles. The van der Waals surface area contributed by atoms with Crippen LogP contribution in [0.5, 0.6) is 0 Å². The second-order valence-corrected chi connectivity index (χ2v) is 6.58. The van der Waals surface area contributed by atoms with Crippen molar-refractivity contribution in [1.29, 1.82) is 0 Å². The Labute approximate surface area is 155 Å². The van der Waals surface area contributed by atoms with E-state index in [9.17, 15) is 9.18 Å². The van der Waals surface area contributed by atoms with Gasteiger partial charge in [0.15, 0.2) is 0 Å². The number of hydrogen-bond acceptors (Lipinski definition) is 8. The molecule has 4 rings (SSSR count). The number of thioether (sulfide) groups is 1. The van der Waals surface area contributed by atoms with E-state index in [4.69, 9.17) is 4.42 Å². The predicted molar refractivity (Wildman–Crippen MR) is 96.5 cm³/mol. The van der Waals surface area contributed by atoms with Crippen LogP contribution in [-0.2, 0) is 4.79 Å². The molecule has 0 aliphatic heterocycles. The first-order valence-corrected chi connectivity index (χ1v) is 9.14. The number of amides is 1. The smallest absolute Gasteiger partial charge is 0.277 e. The molecule has 0 saturated carbocycles. The zero-order valence-electron chi connectivity index (χ0n) is 13.0. The summed E-state index contributed by atoms with van der Waals surface area (Å²) in [6, 6.07) is 11.5. The number of rotatable bonds is 5. The van der Waals surface area contributed by atoms with Gasteiger partial charge in [-0.05, 0) is 24.3 Å².